The predicted octanol–water partition coefficient (Wildman–Crippen LogP) is 1.76. The van der Waals surface area contributed by atoms with Crippen LogP contribution in [0.4, 0.5) is 5.69 Å². The normalized spacial score (nSPS) is 10.7. The summed E-state index contributed by atoms with van der Waals surface area (Å²) in [5.74, 6) is -0.339. The van der Waals surface area contributed by atoms with E-state index in [4.69, 9.17) is 17.3 Å². The van der Waals surface area contributed by atoms with E-state index >= 15 is 0 Å². The fourth-order valence-corrected chi connectivity index (χ4v) is 2.07. The van der Waals surface area contributed by atoms with Crippen LogP contribution in [-0.2, 0) is 11.3 Å². The van der Waals surface area contributed by atoms with Crippen molar-refractivity contribution in [2.45, 2.75) is 26.4 Å². The van der Waals surface area contributed by atoms with Gasteiger partial charge in [0.25, 0.3) is 0 Å². The van der Waals surface area contributed by atoms with Gasteiger partial charge >= 0.3 is 0 Å². The van der Waals surface area contributed by atoms with Crippen molar-refractivity contribution in [2.75, 3.05) is 18.5 Å². The molecule has 0 spiro atoms. The lowest BCUT2D eigenvalue weighted by atomic mass is 10.1. The number of carbonyl (C=O) groups excluding carboxylic acids is 1. The molecule has 5 heteroatoms. The molecule has 18 heavy (non-hydrogen) atoms. The highest BCUT2D eigenvalue weighted by Crippen LogP contribution is 2.25. The van der Waals surface area contributed by atoms with Crippen LogP contribution in [0.25, 0.3) is 0 Å². The second-order valence-electron chi connectivity index (χ2n) is 4.49. The minimum Gasteiger partial charge on any atom is -0.368 e. The fraction of sp³-hybridized carbons (Fsp3) is 0.462. The van der Waals surface area contributed by atoms with Crippen LogP contribution in [0, 0.1) is 0 Å². The van der Waals surface area contributed by atoms with Gasteiger partial charge in [0.05, 0.1) is 6.54 Å². The largest absolute Gasteiger partial charge is 0.368 e. The van der Waals surface area contributed by atoms with Crippen molar-refractivity contribution in [3.8, 4) is 0 Å². The first-order valence-electron chi connectivity index (χ1n) is 5.93. The van der Waals surface area contributed by atoms with Crippen molar-refractivity contribution in [1.82, 2.24) is 5.32 Å². The van der Waals surface area contributed by atoms with Gasteiger partial charge in [0.15, 0.2) is 0 Å². The summed E-state index contributed by atoms with van der Waals surface area (Å²) in [5.41, 5.74) is 7.34. The number of anilines is 1. The molecule has 0 saturated carbocycles. The number of halogens is 1. The van der Waals surface area contributed by atoms with E-state index in [0.29, 0.717) is 11.6 Å². The zero-order valence-corrected chi connectivity index (χ0v) is 11.8. The lowest BCUT2D eigenvalue weighted by Gasteiger charge is -2.30. The third-order valence-electron chi connectivity index (χ3n) is 2.67. The van der Waals surface area contributed by atoms with E-state index in [-0.39, 0.29) is 18.5 Å². The Balaban J connectivity index is 3.13. The van der Waals surface area contributed by atoms with Gasteiger partial charge in [-0.05, 0) is 44.7 Å². The molecule has 1 aromatic rings. The number of nitrogens with one attached hydrogen (secondary N) is 1. The van der Waals surface area contributed by atoms with E-state index in [1.54, 1.807) is 0 Å². The Morgan fingerprint density at radius 1 is 1.50 bits per heavy atom. The van der Waals surface area contributed by atoms with E-state index < -0.39 is 0 Å². The lowest BCUT2D eigenvalue weighted by Crippen LogP contribution is -2.39. The van der Waals surface area contributed by atoms with Crippen LogP contribution in [0.3, 0.4) is 0 Å². The van der Waals surface area contributed by atoms with Crippen molar-refractivity contribution in [3.05, 3.63) is 28.8 Å². The standard InChI is InChI=1S/C13H20ClN3O/c1-9(2)17(8-13(15)18)12-5-4-11(14)6-10(12)7-16-3/h4-6,9,16H,7-8H2,1-3H3,(H2,15,18). The first kappa shape index (κ1) is 14.8. The molecule has 1 rings (SSSR count). The van der Waals surface area contributed by atoms with E-state index in [9.17, 15) is 4.79 Å². The number of nitrogens with two attached hydrogens (primary N) is 1. The van der Waals surface area contributed by atoms with Crippen molar-refractivity contribution < 1.29 is 4.79 Å². The van der Waals surface area contributed by atoms with Gasteiger partial charge in [0.1, 0.15) is 0 Å². The van der Waals surface area contributed by atoms with Crippen molar-refractivity contribution in [1.29, 1.82) is 0 Å². The van der Waals surface area contributed by atoms with Crippen LogP contribution in [0.1, 0.15) is 19.4 Å². The molecule has 0 bridgehead atoms. The monoisotopic (exact) mass is 269 g/mol. The molecule has 100 valence electrons. The summed E-state index contributed by atoms with van der Waals surface area (Å²) in [6.07, 6.45) is 0. The van der Waals surface area contributed by atoms with E-state index in [0.717, 1.165) is 11.3 Å². The maximum atomic E-state index is 11.2. The molecule has 0 radical (unpaired) electrons. The summed E-state index contributed by atoms with van der Waals surface area (Å²) in [6, 6.07) is 5.85. The first-order chi connectivity index (χ1) is 8.45. The Hall–Kier alpha value is -1.26. The summed E-state index contributed by atoms with van der Waals surface area (Å²) in [5, 5.41) is 3.78. The second-order valence-corrected chi connectivity index (χ2v) is 4.93. The van der Waals surface area contributed by atoms with E-state index in [1.165, 1.54) is 0 Å². The molecule has 0 saturated heterocycles. The summed E-state index contributed by atoms with van der Waals surface area (Å²) in [4.78, 5) is 13.1. The van der Waals surface area contributed by atoms with Crippen molar-refractivity contribution in [2.24, 2.45) is 5.73 Å². The molecule has 3 N–H and O–H groups in total. The molecule has 4 nitrogen and oxygen atoms in total. The summed E-state index contributed by atoms with van der Waals surface area (Å²) < 4.78 is 0. The summed E-state index contributed by atoms with van der Waals surface area (Å²) >= 11 is 6.00. The van der Waals surface area contributed by atoms with Gasteiger partial charge in [-0.3, -0.25) is 4.79 Å². The number of amides is 1. The van der Waals surface area contributed by atoms with Crippen LogP contribution in [0.15, 0.2) is 18.2 Å². The Bertz CT molecular complexity index is 421. The highest BCUT2D eigenvalue weighted by atomic mass is 35.5. The minimum absolute atomic E-state index is 0.189. The topological polar surface area (TPSA) is 58.4 Å². The second kappa shape index (κ2) is 6.61. The van der Waals surface area contributed by atoms with Gasteiger partial charge in [0.2, 0.25) is 5.91 Å². The SMILES string of the molecule is CNCc1cc(Cl)ccc1N(CC(N)=O)C(C)C. The Morgan fingerprint density at radius 3 is 2.67 bits per heavy atom. The first-order valence-corrected chi connectivity index (χ1v) is 6.31. The van der Waals surface area contributed by atoms with E-state index in [1.807, 2.05) is 44.0 Å². The highest BCUT2D eigenvalue weighted by molar-refractivity contribution is 6.30. The van der Waals surface area contributed by atoms with Crippen LogP contribution in [-0.4, -0.2) is 25.5 Å². The average Bonchev–Trinajstić information content (AvgIpc) is 2.26. The Morgan fingerprint density at radius 2 is 2.17 bits per heavy atom. The Kier molecular flexibility index (Phi) is 5.44. The molecular formula is C13H20ClN3O. The smallest absolute Gasteiger partial charge is 0.236 e. The lowest BCUT2D eigenvalue weighted by molar-refractivity contribution is -0.116. The molecule has 1 aromatic carbocycles. The minimum atomic E-state index is -0.339. The summed E-state index contributed by atoms with van der Waals surface area (Å²) in [7, 11) is 1.87. The maximum absolute atomic E-state index is 11.2. The predicted molar refractivity (Wildman–Crippen MR) is 75.9 cm³/mol. The zero-order chi connectivity index (χ0) is 13.7. The van der Waals surface area contributed by atoms with Crippen LogP contribution >= 0.6 is 11.6 Å². The third-order valence-corrected chi connectivity index (χ3v) is 2.90. The number of carbonyl (C=O) groups is 1. The molecule has 0 fully saturated rings. The quantitative estimate of drug-likeness (QED) is 0.827. The number of nitrogens with zero attached hydrogens (tertiary/aromatic N) is 1. The highest BCUT2D eigenvalue weighted by Gasteiger charge is 2.16. The van der Waals surface area contributed by atoms with Crippen LogP contribution in [0.2, 0.25) is 5.02 Å². The number of primary amides is 1. The van der Waals surface area contributed by atoms with Crippen molar-refractivity contribution in [3.63, 3.8) is 0 Å². The van der Waals surface area contributed by atoms with Crippen LogP contribution < -0.4 is 16.0 Å². The van der Waals surface area contributed by atoms with Gasteiger partial charge in [-0.2, -0.15) is 0 Å². The fourth-order valence-electron chi connectivity index (χ4n) is 1.88. The molecule has 1 amide bonds. The Labute approximate surface area is 113 Å². The summed E-state index contributed by atoms with van der Waals surface area (Å²) in [6.45, 7) is 4.95. The molecule has 0 unspecified atom stereocenters. The van der Waals surface area contributed by atoms with E-state index in [2.05, 4.69) is 5.32 Å². The average molecular weight is 270 g/mol. The number of benzene rings is 1. The maximum Gasteiger partial charge on any atom is 0.236 e. The molecule has 0 heterocycles. The molecule has 0 aliphatic heterocycles. The number of rotatable bonds is 6. The van der Waals surface area contributed by atoms with Gasteiger partial charge in [0, 0.05) is 23.3 Å². The van der Waals surface area contributed by atoms with Gasteiger partial charge in [-0.25, -0.2) is 0 Å². The molecule has 0 aliphatic carbocycles. The molecule has 0 aromatic heterocycles. The molecule has 0 atom stereocenters. The molecular weight excluding hydrogens is 250 g/mol. The van der Waals surface area contributed by atoms with Gasteiger partial charge in [-0.15, -0.1) is 0 Å². The third kappa shape index (κ3) is 3.89. The van der Waals surface area contributed by atoms with Crippen molar-refractivity contribution >= 4 is 23.2 Å². The number of hydrogen-bond acceptors (Lipinski definition) is 3. The molecule has 0 aliphatic rings. The zero-order valence-electron chi connectivity index (χ0n) is 11.0. The van der Waals surface area contributed by atoms with Gasteiger partial charge in [-0.1, -0.05) is 11.6 Å². The van der Waals surface area contributed by atoms with Gasteiger partial charge < -0.3 is 16.0 Å². The number of hydrogen-bond donors (Lipinski definition) is 2. The van der Waals surface area contributed by atoms with Crippen LogP contribution in [0.5, 0.6) is 0 Å².